The Morgan fingerprint density at radius 3 is 3.27 bits per heavy atom. The van der Waals surface area contributed by atoms with Crippen LogP contribution in [0, 0.1) is 0 Å². The van der Waals surface area contributed by atoms with Gasteiger partial charge in [0.2, 0.25) is 5.88 Å². The van der Waals surface area contributed by atoms with E-state index in [9.17, 15) is 0 Å². The maximum Gasteiger partial charge on any atom is 0.238 e. The maximum absolute atomic E-state index is 5.53. The number of ether oxygens (including phenoxy) is 1. The Morgan fingerprint density at radius 1 is 1.47 bits per heavy atom. The predicted molar refractivity (Wildman–Crippen MR) is 61.7 cm³/mol. The molecule has 0 saturated heterocycles. The number of nitrogens with zero attached hydrogens (tertiary/aromatic N) is 2. The van der Waals surface area contributed by atoms with Crippen LogP contribution in [0.4, 0.5) is 0 Å². The van der Waals surface area contributed by atoms with E-state index in [4.69, 9.17) is 4.74 Å². The van der Waals surface area contributed by atoms with Crippen molar-refractivity contribution in [3.05, 3.63) is 29.8 Å². The molecule has 0 radical (unpaired) electrons. The molecule has 76 valence electrons. The van der Waals surface area contributed by atoms with Crippen LogP contribution in [0.1, 0.15) is 6.92 Å². The average Bonchev–Trinajstić information content (AvgIpc) is 2.84. The van der Waals surface area contributed by atoms with Gasteiger partial charge in [-0.1, -0.05) is 0 Å². The second-order valence-electron chi connectivity index (χ2n) is 3.22. The van der Waals surface area contributed by atoms with Crippen LogP contribution in [0.25, 0.3) is 15.9 Å². The van der Waals surface area contributed by atoms with Gasteiger partial charge >= 0.3 is 0 Å². The average molecular weight is 218 g/mol. The highest BCUT2D eigenvalue weighted by molar-refractivity contribution is 7.16. The van der Waals surface area contributed by atoms with Gasteiger partial charge in [0.1, 0.15) is 15.9 Å². The van der Waals surface area contributed by atoms with E-state index in [1.54, 1.807) is 11.3 Å². The van der Waals surface area contributed by atoms with Gasteiger partial charge in [0, 0.05) is 6.20 Å². The first-order chi connectivity index (χ1) is 7.40. The highest BCUT2D eigenvalue weighted by Gasteiger charge is 2.08. The third kappa shape index (κ3) is 1.22. The Labute approximate surface area is 90.9 Å². The molecular weight excluding hydrogens is 208 g/mol. The molecule has 0 saturated carbocycles. The van der Waals surface area contributed by atoms with Gasteiger partial charge in [0.25, 0.3) is 0 Å². The molecule has 0 unspecified atom stereocenters. The van der Waals surface area contributed by atoms with Gasteiger partial charge in [-0.3, -0.25) is 0 Å². The van der Waals surface area contributed by atoms with E-state index in [0.29, 0.717) is 12.5 Å². The molecule has 0 bridgehead atoms. The van der Waals surface area contributed by atoms with Crippen LogP contribution < -0.4 is 4.74 Å². The quantitative estimate of drug-likeness (QED) is 0.661. The minimum Gasteiger partial charge on any atom is -0.476 e. The Balaban J connectivity index is 2.43. The minimum absolute atomic E-state index is 0.642. The van der Waals surface area contributed by atoms with Crippen molar-refractivity contribution in [3.63, 3.8) is 0 Å². The van der Waals surface area contributed by atoms with Crippen LogP contribution in [-0.4, -0.2) is 16.0 Å². The van der Waals surface area contributed by atoms with E-state index in [-0.39, 0.29) is 0 Å². The van der Waals surface area contributed by atoms with Crippen molar-refractivity contribution in [2.75, 3.05) is 6.61 Å². The van der Waals surface area contributed by atoms with Crippen LogP contribution in [0.2, 0.25) is 0 Å². The fraction of sp³-hybridized carbons (Fsp3) is 0.182. The number of fused-ring (bicyclic) bond motifs is 3. The van der Waals surface area contributed by atoms with Crippen molar-refractivity contribution >= 4 is 27.2 Å². The second-order valence-corrected chi connectivity index (χ2v) is 4.12. The normalized spacial score (nSPS) is 11.3. The van der Waals surface area contributed by atoms with Gasteiger partial charge in [-0.15, -0.1) is 11.3 Å². The number of thiophene rings is 1. The van der Waals surface area contributed by atoms with E-state index in [1.165, 1.54) is 4.83 Å². The molecule has 0 aromatic carbocycles. The van der Waals surface area contributed by atoms with Crippen LogP contribution in [-0.2, 0) is 0 Å². The third-order valence-electron chi connectivity index (χ3n) is 2.31. The number of hydrogen-bond acceptors (Lipinski definition) is 3. The molecular formula is C11H10N2OS. The summed E-state index contributed by atoms with van der Waals surface area (Å²) in [5, 5.41) is 2.05. The summed E-state index contributed by atoms with van der Waals surface area (Å²) in [7, 11) is 0. The lowest BCUT2D eigenvalue weighted by Gasteiger charge is -2.05. The monoisotopic (exact) mass is 218 g/mol. The Bertz CT molecular complexity index is 611. The first-order valence-corrected chi connectivity index (χ1v) is 5.75. The molecule has 15 heavy (non-hydrogen) atoms. The maximum atomic E-state index is 5.53. The van der Waals surface area contributed by atoms with Crippen molar-refractivity contribution in [2.24, 2.45) is 0 Å². The zero-order valence-corrected chi connectivity index (χ0v) is 9.12. The molecule has 0 atom stereocenters. The molecule has 0 fully saturated rings. The first kappa shape index (κ1) is 8.73. The summed E-state index contributed by atoms with van der Waals surface area (Å²) < 4.78 is 7.65. The predicted octanol–water partition coefficient (Wildman–Crippen LogP) is 2.95. The van der Waals surface area contributed by atoms with Crippen LogP contribution in [0.15, 0.2) is 29.8 Å². The van der Waals surface area contributed by atoms with Gasteiger partial charge in [-0.2, -0.15) is 0 Å². The van der Waals surface area contributed by atoms with E-state index < -0.39 is 0 Å². The smallest absolute Gasteiger partial charge is 0.238 e. The summed E-state index contributed by atoms with van der Waals surface area (Å²) in [5.74, 6) is 0.716. The van der Waals surface area contributed by atoms with Crippen molar-refractivity contribution in [1.29, 1.82) is 0 Å². The summed E-state index contributed by atoms with van der Waals surface area (Å²) in [6.45, 7) is 2.61. The molecule has 0 N–H and O–H groups in total. The van der Waals surface area contributed by atoms with Crippen molar-refractivity contribution in [1.82, 2.24) is 9.38 Å². The second kappa shape index (κ2) is 3.24. The third-order valence-corrected chi connectivity index (χ3v) is 3.22. The fourth-order valence-electron chi connectivity index (χ4n) is 1.70. The first-order valence-electron chi connectivity index (χ1n) is 4.87. The largest absolute Gasteiger partial charge is 0.476 e. The molecule has 3 rings (SSSR count). The van der Waals surface area contributed by atoms with E-state index in [1.807, 2.05) is 36.7 Å². The lowest BCUT2D eigenvalue weighted by molar-refractivity contribution is 0.331. The Kier molecular flexibility index (Phi) is 1.89. The van der Waals surface area contributed by atoms with Crippen molar-refractivity contribution < 1.29 is 4.74 Å². The number of rotatable bonds is 2. The molecule has 0 spiro atoms. The van der Waals surface area contributed by atoms with Gasteiger partial charge in [0.15, 0.2) is 0 Å². The van der Waals surface area contributed by atoms with Crippen LogP contribution >= 0.6 is 11.3 Å². The summed E-state index contributed by atoms with van der Waals surface area (Å²) in [4.78, 5) is 5.66. The van der Waals surface area contributed by atoms with Gasteiger partial charge in [-0.25, -0.2) is 4.98 Å². The summed E-state index contributed by atoms with van der Waals surface area (Å²) in [5.41, 5.74) is 2.03. The number of hydrogen-bond donors (Lipinski definition) is 0. The molecule has 3 nitrogen and oxygen atoms in total. The summed E-state index contributed by atoms with van der Waals surface area (Å²) in [6, 6.07) is 6.05. The van der Waals surface area contributed by atoms with Gasteiger partial charge < -0.3 is 9.14 Å². The summed E-state index contributed by atoms with van der Waals surface area (Å²) in [6.07, 6.45) is 2.04. The zero-order chi connectivity index (χ0) is 10.3. The van der Waals surface area contributed by atoms with Crippen LogP contribution in [0.3, 0.4) is 0 Å². The summed E-state index contributed by atoms with van der Waals surface area (Å²) >= 11 is 1.69. The molecule has 0 aliphatic heterocycles. The van der Waals surface area contributed by atoms with Crippen LogP contribution in [0.5, 0.6) is 5.88 Å². The molecule has 4 heteroatoms. The molecule has 0 amide bonds. The highest BCUT2D eigenvalue weighted by Crippen LogP contribution is 2.27. The zero-order valence-electron chi connectivity index (χ0n) is 8.30. The van der Waals surface area contributed by atoms with Crippen molar-refractivity contribution in [3.8, 4) is 5.88 Å². The Hall–Kier alpha value is -1.55. The fourth-order valence-corrected chi connectivity index (χ4v) is 2.53. The van der Waals surface area contributed by atoms with E-state index >= 15 is 0 Å². The topological polar surface area (TPSA) is 26.5 Å². The SMILES string of the molecule is CCOc1nc2ccsc2n2cccc12. The molecule has 3 aromatic heterocycles. The number of aromatic nitrogens is 2. The lowest BCUT2D eigenvalue weighted by Crippen LogP contribution is -1.97. The van der Waals surface area contributed by atoms with Crippen molar-refractivity contribution in [2.45, 2.75) is 6.92 Å². The minimum atomic E-state index is 0.642. The van der Waals surface area contributed by atoms with Gasteiger partial charge in [0.05, 0.1) is 6.61 Å². The molecule has 0 aliphatic rings. The van der Waals surface area contributed by atoms with Gasteiger partial charge in [-0.05, 0) is 30.5 Å². The molecule has 3 heterocycles. The standard InChI is InChI=1S/C11H10N2OS/c1-2-14-10-9-4-3-6-13(9)11-8(12-10)5-7-15-11/h3-7H,2H2,1H3. The molecule has 0 aliphatic carbocycles. The highest BCUT2D eigenvalue weighted by atomic mass is 32.1. The van der Waals surface area contributed by atoms with E-state index in [2.05, 4.69) is 9.38 Å². The molecule has 3 aromatic rings. The lowest BCUT2D eigenvalue weighted by atomic mass is 10.4. The van der Waals surface area contributed by atoms with E-state index in [0.717, 1.165) is 11.0 Å². The Morgan fingerprint density at radius 2 is 2.40 bits per heavy atom.